The lowest BCUT2D eigenvalue weighted by Crippen LogP contribution is -2.22. The Kier molecular flexibility index (Phi) is 4.96. The molecular formula is C22H25N5O. The van der Waals surface area contributed by atoms with E-state index in [4.69, 9.17) is 17.2 Å². The fourth-order valence-corrected chi connectivity index (χ4v) is 2.98. The van der Waals surface area contributed by atoms with Crippen LogP contribution in [0.2, 0.25) is 0 Å². The van der Waals surface area contributed by atoms with E-state index >= 15 is 0 Å². The van der Waals surface area contributed by atoms with E-state index in [0.29, 0.717) is 22.8 Å². The molecule has 2 aromatic rings. The summed E-state index contributed by atoms with van der Waals surface area (Å²) >= 11 is 0. The number of hydrogen-bond donors (Lipinski definition) is 4. The SMILES string of the molecule is Cc1c(N)ccc(N=C2C=C(Nc3ccc(N)c(C)c3C)C(=O)C=C2N)c1C. The van der Waals surface area contributed by atoms with Gasteiger partial charge in [0, 0.05) is 23.1 Å². The Morgan fingerprint density at radius 2 is 1.39 bits per heavy atom. The normalized spacial score (nSPS) is 15.4. The highest BCUT2D eigenvalue weighted by atomic mass is 16.1. The maximum atomic E-state index is 12.5. The molecule has 0 saturated heterocycles. The quantitative estimate of drug-likeness (QED) is 0.483. The summed E-state index contributed by atoms with van der Waals surface area (Å²) in [5.41, 5.74) is 26.2. The van der Waals surface area contributed by atoms with E-state index in [-0.39, 0.29) is 5.78 Å². The molecule has 2 aromatic carbocycles. The first-order valence-corrected chi connectivity index (χ1v) is 8.99. The van der Waals surface area contributed by atoms with Crippen LogP contribution in [0.5, 0.6) is 0 Å². The van der Waals surface area contributed by atoms with Gasteiger partial charge in [0.1, 0.15) is 0 Å². The van der Waals surface area contributed by atoms with Crippen LogP contribution in [0.4, 0.5) is 22.7 Å². The summed E-state index contributed by atoms with van der Waals surface area (Å²) in [6, 6.07) is 7.35. The number of rotatable bonds is 3. The third-order valence-electron chi connectivity index (χ3n) is 5.27. The molecule has 0 atom stereocenters. The highest BCUT2D eigenvalue weighted by Crippen LogP contribution is 2.28. The van der Waals surface area contributed by atoms with Gasteiger partial charge in [-0.15, -0.1) is 0 Å². The molecule has 144 valence electrons. The maximum absolute atomic E-state index is 12.5. The average molecular weight is 375 g/mol. The highest BCUT2D eigenvalue weighted by molar-refractivity contribution is 6.23. The van der Waals surface area contributed by atoms with Gasteiger partial charge in [-0.2, -0.15) is 0 Å². The van der Waals surface area contributed by atoms with Crippen molar-refractivity contribution in [1.29, 1.82) is 0 Å². The second-order valence-corrected chi connectivity index (χ2v) is 7.02. The summed E-state index contributed by atoms with van der Waals surface area (Å²) in [7, 11) is 0. The smallest absolute Gasteiger partial charge is 0.204 e. The molecule has 0 heterocycles. The molecule has 0 amide bonds. The largest absolute Gasteiger partial charge is 0.399 e. The summed E-state index contributed by atoms with van der Waals surface area (Å²) < 4.78 is 0. The van der Waals surface area contributed by atoms with Crippen LogP contribution in [0, 0.1) is 27.7 Å². The molecule has 1 aliphatic carbocycles. The number of benzene rings is 2. The van der Waals surface area contributed by atoms with Crippen LogP contribution < -0.4 is 22.5 Å². The van der Waals surface area contributed by atoms with E-state index in [1.807, 2.05) is 52.0 Å². The predicted octanol–water partition coefficient (Wildman–Crippen LogP) is 3.58. The lowest BCUT2D eigenvalue weighted by atomic mass is 10.0. The molecule has 0 fully saturated rings. The number of nitrogens with zero attached hydrogens (tertiary/aromatic N) is 1. The maximum Gasteiger partial charge on any atom is 0.204 e. The third kappa shape index (κ3) is 3.49. The van der Waals surface area contributed by atoms with Crippen LogP contribution >= 0.6 is 0 Å². The Hall–Kier alpha value is -3.54. The zero-order chi connectivity index (χ0) is 20.6. The Labute approximate surface area is 164 Å². The molecule has 6 heteroatoms. The molecule has 0 radical (unpaired) electrons. The molecule has 28 heavy (non-hydrogen) atoms. The van der Waals surface area contributed by atoms with E-state index in [9.17, 15) is 4.79 Å². The number of allylic oxidation sites excluding steroid dienone is 2. The predicted molar refractivity (Wildman–Crippen MR) is 117 cm³/mol. The van der Waals surface area contributed by atoms with Gasteiger partial charge in [0.25, 0.3) is 0 Å². The van der Waals surface area contributed by atoms with Crippen molar-refractivity contribution in [2.24, 2.45) is 10.7 Å². The summed E-state index contributed by atoms with van der Waals surface area (Å²) in [5.74, 6) is -0.199. The van der Waals surface area contributed by atoms with Gasteiger partial charge >= 0.3 is 0 Å². The van der Waals surface area contributed by atoms with Gasteiger partial charge in [-0.05, 0) is 80.3 Å². The lowest BCUT2D eigenvalue weighted by Gasteiger charge is -2.18. The van der Waals surface area contributed by atoms with E-state index < -0.39 is 0 Å². The number of nitrogens with one attached hydrogen (secondary N) is 1. The number of anilines is 3. The molecule has 0 bridgehead atoms. The molecule has 3 rings (SSSR count). The molecule has 1 aliphatic rings. The van der Waals surface area contributed by atoms with Crippen molar-refractivity contribution in [2.45, 2.75) is 27.7 Å². The van der Waals surface area contributed by atoms with Gasteiger partial charge in [0.05, 0.1) is 22.8 Å². The molecule has 0 saturated carbocycles. The van der Waals surface area contributed by atoms with Gasteiger partial charge in [-0.1, -0.05) is 0 Å². The molecule has 6 nitrogen and oxygen atoms in total. The number of ketones is 1. The van der Waals surface area contributed by atoms with Gasteiger partial charge in [0.2, 0.25) is 5.78 Å². The van der Waals surface area contributed by atoms with Gasteiger partial charge in [-0.3, -0.25) is 4.79 Å². The van der Waals surface area contributed by atoms with E-state index in [0.717, 1.165) is 39.3 Å². The fourth-order valence-electron chi connectivity index (χ4n) is 2.98. The van der Waals surface area contributed by atoms with Crippen LogP contribution in [-0.2, 0) is 4.79 Å². The third-order valence-corrected chi connectivity index (χ3v) is 5.27. The molecule has 7 N–H and O–H groups in total. The van der Waals surface area contributed by atoms with Gasteiger partial charge < -0.3 is 22.5 Å². The van der Waals surface area contributed by atoms with Crippen molar-refractivity contribution in [3.8, 4) is 0 Å². The minimum Gasteiger partial charge on any atom is -0.399 e. The van der Waals surface area contributed by atoms with E-state index in [1.54, 1.807) is 6.08 Å². The Balaban J connectivity index is 2.01. The van der Waals surface area contributed by atoms with Crippen molar-refractivity contribution in [3.05, 3.63) is 70.1 Å². The second-order valence-electron chi connectivity index (χ2n) is 7.02. The van der Waals surface area contributed by atoms with Crippen molar-refractivity contribution < 1.29 is 4.79 Å². The first-order chi connectivity index (χ1) is 13.2. The first kappa shape index (κ1) is 19.2. The molecule has 0 unspecified atom stereocenters. The highest BCUT2D eigenvalue weighted by Gasteiger charge is 2.19. The summed E-state index contributed by atoms with van der Waals surface area (Å²) in [6.45, 7) is 7.82. The van der Waals surface area contributed by atoms with Crippen molar-refractivity contribution >= 4 is 34.2 Å². The minimum absolute atomic E-state index is 0.199. The number of carbonyl (C=O) groups is 1. The van der Waals surface area contributed by atoms with Gasteiger partial charge in [-0.25, -0.2) is 4.99 Å². The summed E-state index contributed by atoms with van der Waals surface area (Å²) in [4.78, 5) is 17.1. The summed E-state index contributed by atoms with van der Waals surface area (Å²) in [5, 5.41) is 3.19. The van der Waals surface area contributed by atoms with Crippen molar-refractivity contribution in [1.82, 2.24) is 0 Å². The fraction of sp³-hybridized carbons (Fsp3) is 0.182. The minimum atomic E-state index is -0.199. The number of nitrogens with two attached hydrogens (primary N) is 3. The van der Waals surface area contributed by atoms with Crippen LogP contribution in [0.3, 0.4) is 0 Å². The van der Waals surface area contributed by atoms with Crippen LogP contribution in [0.1, 0.15) is 22.3 Å². The number of hydrogen-bond acceptors (Lipinski definition) is 6. The van der Waals surface area contributed by atoms with Gasteiger partial charge in [0.15, 0.2) is 0 Å². The molecule has 0 aliphatic heterocycles. The average Bonchev–Trinajstić information content (AvgIpc) is 2.66. The summed E-state index contributed by atoms with van der Waals surface area (Å²) in [6.07, 6.45) is 3.06. The lowest BCUT2D eigenvalue weighted by molar-refractivity contribution is -0.111. The zero-order valence-electron chi connectivity index (χ0n) is 16.6. The Bertz CT molecular complexity index is 1080. The zero-order valence-corrected chi connectivity index (χ0v) is 16.6. The number of nitrogen functional groups attached to an aromatic ring is 2. The second kappa shape index (κ2) is 7.23. The Morgan fingerprint density at radius 3 is 2.07 bits per heavy atom. The van der Waals surface area contributed by atoms with Crippen LogP contribution in [0.15, 0.2) is 52.8 Å². The molecule has 0 spiro atoms. The monoisotopic (exact) mass is 375 g/mol. The van der Waals surface area contributed by atoms with Crippen LogP contribution in [0.25, 0.3) is 0 Å². The molecular weight excluding hydrogens is 350 g/mol. The van der Waals surface area contributed by atoms with E-state index in [2.05, 4.69) is 10.3 Å². The van der Waals surface area contributed by atoms with E-state index in [1.165, 1.54) is 6.08 Å². The topological polar surface area (TPSA) is 120 Å². The first-order valence-electron chi connectivity index (χ1n) is 8.99. The standard InChI is InChI=1S/C22H25N5O/c1-11-13(3)18(7-5-15(11)23)26-20-10-21(22(28)9-17(20)25)27-19-8-6-16(24)12(2)14(19)4/h5-10,27H,23-25H2,1-4H3. The molecule has 0 aromatic heterocycles. The number of aliphatic imine (C=N–C) groups is 1. The number of carbonyl (C=O) groups excluding carboxylic acids is 1. The Morgan fingerprint density at radius 1 is 0.786 bits per heavy atom. The van der Waals surface area contributed by atoms with Crippen LogP contribution in [-0.4, -0.2) is 11.5 Å². The van der Waals surface area contributed by atoms with Crippen molar-refractivity contribution in [3.63, 3.8) is 0 Å². The van der Waals surface area contributed by atoms with Crippen molar-refractivity contribution in [2.75, 3.05) is 16.8 Å².